The first-order valence-electron chi connectivity index (χ1n) is 27.6. The van der Waals surface area contributed by atoms with Gasteiger partial charge in [-0.05, 0) is 135 Å². The van der Waals surface area contributed by atoms with E-state index in [1.807, 2.05) is 0 Å². The Labute approximate surface area is 457 Å². The zero-order valence-corrected chi connectivity index (χ0v) is 45.7. The van der Waals surface area contributed by atoms with Crippen molar-refractivity contribution < 1.29 is 17.7 Å². The molecule has 0 unspecified atom stereocenters. The van der Waals surface area contributed by atoms with Gasteiger partial charge in [-0.2, -0.15) is 0 Å². The lowest BCUT2D eigenvalue weighted by molar-refractivity contribution is 0.572. The molecule has 6 heteroatoms. The van der Waals surface area contributed by atoms with E-state index in [9.17, 15) is 0 Å². The van der Waals surface area contributed by atoms with E-state index in [0.29, 0.717) is 0 Å². The Bertz CT molecular complexity index is 4960. The van der Waals surface area contributed by atoms with Crippen LogP contribution in [-0.4, -0.2) is 0 Å². The van der Waals surface area contributed by atoms with Crippen LogP contribution in [0.4, 0.5) is 34.1 Å². The van der Waals surface area contributed by atoms with Crippen LogP contribution in [0.3, 0.4) is 0 Å². The van der Waals surface area contributed by atoms with Crippen LogP contribution < -0.4 is 9.80 Å². The lowest BCUT2D eigenvalue weighted by Crippen LogP contribution is -2.11. The summed E-state index contributed by atoms with van der Waals surface area (Å²) in [7, 11) is 0. The molecular weight excluding hydrogens is 969 g/mol. The number of benzene rings is 11. The third kappa shape index (κ3) is 7.30. The molecule has 6 nitrogen and oxygen atoms in total. The van der Waals surface area contributed by atoms with Crippen LogP contribution in [0, 0.1) is 0 Å². The summed E-state index contributed by atoms with van der Waals surface area (Å²) in [6, 6.07) is 71.9. The van der Waals surface area contributed by atoms with Crippen LogP contribution in [0.2, 0.25) is 0 Å². The highest BCUT2D eigenvalue weighted by Crippen LogP contribution is 2.49. The van der Waals surface area contributed by atoms with E-state index in [1.165, 1.54) is 16.7 Å². The minimum atomic E-state index is -0.0862. The number of fused-ring (bicyclic) bond motifs is 15. The fourth-order valence-corrected chi connectivity index (χ4v) is 12.5. The van der Waals surface area contributed by atoms with Crippen molar-refractivity contribution in [2.75, 3.05) is 9.80 Å². The van der Waals surface area contributed by atoms with E-state index in [1.54, 1.807) is 0 Å². The van der Waals surface area contributed by atoms with Gasteiger partial charge in [0.1, 0.15) is 22.3 Å². The molecule has 0 saturated carbocycles. The largest absolute Gasteiger partial charge is 0.454 e. The Morgan fingerprint density at radius 3 is 1.24 bits per heavy atom. The molecule has 0 bridgehead atoms. The highest BCUT2D eigenvalue weighted by atomic mass is 16.4. The number of hydrogen-bond donors (Lipinski definition) is 0. The number of furan rings is 4. The van der Waals surface area contributed by atoms with Crippen molar-refractivity contribution in [3.63, 3.8) is 0 Å². The maximum Gasteiger partial charge on any atom is 0.178 e. The van der Waals surface area contributed by atoms with Gasteiger partial charge in [-0.3, -0.25) is 0 Å². The Hall–Kier alpha value is -9.26. The number of nitrogens with zero attached hydrogens (tertiary/aromatic N) is 2. The molecule has 384 valence electrons. The van der Waals surface area contributed by atoms with Crippen molar-refractivity contribution in [3.05, 3.63) is 217 Å². The van der Waals surface area contributed by atoms with Crippen molar-refractivity contribution in [1.82, 2.24) is 0 Å². The lowest BCUT2D eigenvalue weighted by Gasteiger charge is -2.25. The van der Waals surface area contributed by atoms with Crippen LogP contribution in [0.15, 0.2) is 218 Å². The molecule has 4 heterocycles. The van der Waals surface area contributed by atoms with E-state index in [0.717, 1.165) is 143 Å². The molecule has 15 aromatic rings. The SMILES string of the molecule is CC(C)c1cc2c3cc4ccc(N(c5ccccc5)c5cccc6c5oc5c(C(C)(C)C)cccc56)cc4cc3oc2c2oc3cc4cc(N(c5ccccc5)c5cccc6c5oc5c(C(C)(C)C)cccc56)ccc4cc3c12. The molecule has 11 aromatic carbocycles. The molecule has 4 aromatic heterocycles. The zero-order chi connectivity index (χ0) is 53.6. The monoisotopic (exact) mass is 1030 g/mol. The standard InChI is InChI=1S/C73H58N2O4/c1-42(2)55-41-57-56-37-43-31-33-49(74(47-19-11-9-12-20-47)61-29-17-25-53-51-23-15-27-59(72(3,4)5)66(51)78-68(53)61)35-45(43)39-63(56)76-70(57)71-65(55)58-38-44-32-34-50(36-46(44)40-64(58)77-71)75(48-21-13-10-14-22-48)62-30-18-26-54-52-24-16-28-60(73(6,7)8)67(52)79-69(54)62/h9-42H,1-8H3. The zero-order valence-electron chi connectivity index (χ0n) is 45.7. The van der Waals surface area contributed by atoms with E-state index in [4.69, 9.17) is 17.7 Å². The first-order chi connectivity index (χ1) is 38.2. The summed E-state index contributed by atoms with van der Waals surface area (Å²) in [6.45, 7) is 18.0. The molecular formula is C73H58N2O4. The molecule has 0 radical (unpaired) electrons. The number of para-hydroxylation sites is 6. The molecule has 0 atom stereocenters. The van der Waals surface area contributed by atoms with Gasteiger partial charge in [0.05, 0.1) is 11.4 Å². The minimum Gasteiger partial charge on any atom is -0.454 e. The second-order valence-electron chi connectivity index (χ2n) is 23.9. The maximum absolute atomic E-state index is 7.08. The topological polar surface area (TPSA) is 59.0 Å². The Balaban J connectivity index is 0.873. The van der Waals surface area contributed by atoms with Gasteiger partial charge in [0.2, 0.25) is 0 Å². The van der Waals surface area contributed by atoms with Crippen LogP contribution in [-0.2, 0) is 10.8 Å². The second-order valence-corrected chi connectivity index (χ2v) is 23.9. The van der Waals surface area contributed by atoms with Gasteiger partial charge in [-0.1, -0.05) is 165 Å². The first kappa shape index (κ1) is 47.0. The predicted molar refractivity (Wildman–Crippen MR) is 331 cm³/mol. The highest BCUT2D eigenvalue weighted by molar-refractivity contribution is 6.23. The van der Waals surface area contributed by atoms with Crippen molar-refractivity contribution in [3.8, 4) is 0 Å². The molecule has 0 saturated heterocycles. The van der Waals surface area contributed by atoms with E-state index < -0.39 is 0 Å². The summed E-state index contributed by atoms with van der Waals surface area (Å²) in [5.74, 6) is 0.221. The van der Waals surface area contributed by atoms with E-state index in [-0.39, 0.29) is 16.7 Å². The van der Waals surface area contributed by atoms with Gasteiger partial charge in [-0.15, -0.1) is 0 Å². The Morgan fingerprint density at radius 2 is 0.759 bits per heavy atom. The number of rotatable bonds is 7. The average molecular weight is 1030 g/mol. The van der Waals surface area contributed by atoms with Crippen LogP contribution in [0.1, 0.15) is 78.0 Å². The predicted octanol–water partition coefficient (Wildman–Crippen LogP) is 22.2. The Morgan fingerprint density at radius 1 is 0.316 bits per heavy atom. The fourth-order valence-electron chi connectivity index (χ4n) is 12.5. The molecule has 79 heavy (non-hydrogen) atoms. The van der Waals surface area contributed by atoms with Crippen molar-refractivity contribution >= 4 is 143 Å². The van der Waals surface area contributed by atoms with Crippen molar-refractivity contribution in [2.45, 2.75) is 72.1 Å². The van der Waals surface area contributed by atoms with E-state index in [2.05, 4.69) is 265 Å². The minimum absolute atomic E-state index is 0.0858. The van der Waals surface area contributed by atoms with Crippen LogP contribution >= 0.6 is 0 Å². The van der Waals surface area contributed by atoms with Gasteiger partial charge in [-0.25, -0.2) is 0 Å². The van der Waals surface area contributed by atoms with Gasteiger partial charge in [0, 0.05) is 77.0 Å². The van der Waals surface area contributed by atoms with Crippen LogP contribution in [0.25, 0.3) is 109 Å². The highest BCUT2D eigenvalue weighted by Gasteiger charge is 2.28. The molecule has 0 aliphatic heterocycles. The molecule has 0 N–H and O–H groups in total. The molecule has 0 aliphatic rings. The summed E-state index contributed by atoms with van der Waals surface area (Å²) in [6.07, 6.45) is 0. The van der Waals surface area contributed by atoms with E-state index >= 15 is 0 Å². The molecule has 15 rings (SSSR count). The average Bonchev–Trinajstić information content (AvgIpc) is 4.29. The second kappa shape index (κ2) is 17.1. The summed E-state index contributed by atoms with van der Waals surface area (Å²) >= 11 is 0. The van der Waals surface area contributed by atoms with Crippen molar-refractivity contribution in [2.24, 2.45) is 0 Å². The summed E-state index contributed by atoms with van der Waals surface area (Å²) in [5.41, 5.74) is 16.3. The van der Waals surface area contributed by atoms with Gasteiger partial charge in [0.25, 0.3) is 0 Å². The smallest absolute Gasteiger partial charge is 0.178 e. The summed E-state index contributed by atoms with van der Waals surface area (Å²) < 4.78 is 28.0. The summed E-state index contributed by atoms with van der Waals surface area (Å²) in [5, 5.41) is 13.1. The number of hydrogen-bond acceptors (Lipinski definition) is 6. The Kier molecular flexibility index (Phi) is 10.2. The number of anilines is 6. The lowest BCUT2D eigenvalue weighted by atomic mass is 9.86. The molecule has 0 aliphatic carbocycles. The third-order valence-electron chi connectivity index (χ3n) is 16.4. The molecule has 0 spiro atoms. The normalized spacial score (nSPS) is 12.7. The maximum atomic E-state index is 7.08. The van der Waals surface area contributed by atoms with Crippen LogP contribution in [0.5, 0.6) is 0 Å². The summed E-state index contributed by atoms with van der Waals surface area (Å²) in [4.78, 5) is 4.63. The van der Waals surface area contributed by atoms with Gasteiger partial charge >= 0.3 is 0 Å². The van der Waals surface area contributed by atoms with Gasteiger partial charge in [0.15, 0.2) is 22.3 Å². The van der Waals surface area contributed by atoms with Gasteiger partial charge < -0.3 is 27.5 Å². The quantitative estimate of drug-likeness (QED) is 0.159. The first-order valence-corrected chi connectivity index (χ1v) is 27.6. The third-order valence-corrected chi connectivity index (χ3v) is 16.4. The fraction of sp³-hybridized carbons (Fsp3) is 0.151. The van der Waals surface area contributed by atoms with Crippen molar-refractivity contribution in [1.29, 1.82) is 0 Å². The molecule has 0 amide bonds. The molecule has 0 fully saturated rings.